The minimum Gasteiger partial charge on any atom is -0.495 e. The molecule has 6 nitrogen and oxygen atoms in total. The molecule has 2 aromatic carbocycles. The molecule has 1 unspecified atom stereocenters. The van der Waals surface area contributed by atoms with Crippen molar-refractivity contribution in [3.05, 3.63) is 52.3 Å². The Morgan fingerprint density at radius 1 is 1.04 bits per heavy atom. The van der Waals surface area contributed by atoms with Crippen LogP contribution in [0.4, 0.5) is 15.8 Å². The average Bonchev–Trinajstić information content (AvgIpc) is 2.57. The van der Waals surface area contributed by atoms with Crippen LogP contribution in [0.2, 0.25) is 10.0 Å². The predicted octanol–water partition coefficient (Wildman–Crippen LogP) is 2.23. The molecule has 0 aliphatic carbocycles. The van der Waals surface area contributed by atoms with Gasteiger partial charge in [-0.2, -0.15) is 0 Å². The molecule has 2 aromatic rings. The summed E-state index contributed by atoms with van der Waals surface area (Å²) >= 11 is 11.8. The van der Waals surface area contributed by atoms with E-state index in [1.54, 1.807) is 25.2 Å². The predicted molar refractivity (Wildman–Crippen MR) is 103 cm³/mol. The van der Waals surface area contributed by atoms with Crippen molar-refractivity contribution in [2.24, 2.45) is 0 Å². The lowest BCUT2D eigenvalue weighted by Crippen LogP contribution is -3.11. The van der Waals surface area contributed by atoms with Gasteiger partial charge in [-0.3, -0.25) is 9.59 Å². The molecule has 2 rings (SSSR count). The highest BCUT2D eigenvalue weighted by Crippen LogP contribution is 2.27. The Morgan fingerprint density at radius 3 is 2.26 bits per heavy atom. The zero-order chi connectivity index (χ0) is 20.0. The minimum absolute atomic E-state index is 0.0216. The molecule has 9 heteroatoms. The van der Waals surface area contributed by atoms with E-state index >= 15 is 0 Å². The van der Waals surface area contributed by atoms with E-state index in [0.717, 1.165) is 6.07 Å². The molecule has 0 aliphatic heterocycles. The normalized spacial score (nSPS) is 11.6. The summed E-state index contributed by atoms with van der Waals surface area (Å²) in [4.78, 5) is 24.9. The third-order valence-corrected chi connectivity index (χ3v) is 4.11. The number of nitrogens with one attached hydrogen (secondary N) is 3. The topological polar surface area (TPSA) is 71.9 Å². The van der Waals surface area contributed by atoms with Crippen LogP contribution < -0.4 is 20.3 Å². The summed E-state index contributed by atoms with van der Waals surface area (Å²) < 4.78 is 18.2. The molecule has 1 atom stereocenters. The molecule has 0 aliphatic rings. The number of likely N-dealkylation sites (N-methyl/N-ethyl adjacent to an activating group) is 1. The fourth-order valence-electron chi connectivity index (χ4n) is 2.37. The first kappa shape index (κ1) is 21.0. The van der Waals surface area contributed by atoms with E-state index in [9.17, 15) is 14.0 Å². The summed E-state index contributed by atoms with van der Waals surface area (Å²) in [5.74, 6) is -0.669. The molecule has 0 spiro atoms. The molecule has 27 heavy (non-hydrogen) atoms. The van der Waals surface area contributed by atoms with E-state index in [1.165, 1.54) is 19.2 Å². The Hall–Kier alpha value is -2.35. The van der Waals surface area contributed by atoms with Gasteiger partial charge in [-0.15, -0.1) is 0 Å². The zero-order valence-electron chi connectivity index (χ0n) is 14.7. The van der Waals surface area contributed by atoms with Gasteiger partial charge in [0.1, 0.15) is 11.6 Å². The van der Waals surface area contributed by atoms with Gasteiger partial charge in [0.25, 0.3) is 11.8 Å². The van der Waals surface area contributed by atoms with E-state index in [0.29, 0.717) is 27.0 Å². The van der Waals surface area contributed by atoms with Crippen molar-refractivity contribution >= 4 is 46.4 Å². The number of methoxy groups -OCH3 is 1. The molecular formula is C18H19Cl2FN3O3+. The monoisotopic (exact) mass is 414 g/mol. The molecule has 0 heterocycles. The van der Waals surface area contributed by atoms with Crippen LogP contribution in [0.15, 0.2) is 36.4 Å². The van der Waals surface area contributed by atoms with Crippen LogP contribution in [0.3, 0.4) is 0 Å². The first-order chi connectivity index (χ1) is 12.8. The lowest BCUT2D eigenvalue weighted by Gasteiger charge is -2.15. The summed E-state index contributed by atoms with van der Waals surface area (Å²) in [6.45, 7) is 0.0635. The number of quaternary nitrogens is 1. The van der Waals surface area contributed by atoms with Crippen molar-refractivity contribution < 1.29 is 23.6 Å². The Balaban J connectivity index is 1.89. The van der Waals surface area contributed by atoms with Gasteiger partial charge >= 0.3 is 0 Å². The molecular weight excluding hydrogens is 396 g/mol. The van der Waals surface area contributed by atoms with Crippen LogP contribution in [0.1, 0.15) is 0 Å². The van der Waals surface area contributed by atoms with Crippen LogP contribution in [-0.2, 0) is 9.59 Å². The third kappa shape index (κ3) is 6.39. The molecule has 0 radical (unpaired) electrons. The molecule has 0 aromatic heterocycles. The maximum Gasteiger partial charge on any atom is 0.279 e. The number of amides is 2. The molecule has 3 N–H and O–H groups in total. The maximum absolute atomic E-state index is 13.0. The van der Waals surface area contributed by atoms with Gasteiger partial charge in [0, 0.05) is 5.02 Å². The molecule has 2 amide bonds. The number of hydrogen-bond acceptors (Lipinski definition) is 3. The summed E-state index contributed by atoms with van der Waals surface area (Å²) in [6, 6.07) is 8.57. The van der Waals surface area contributed by atoms with E-state index in [1.807, 2.05) is 0 Å². The lowest BCUT2D eigenvalue weighted by molar-refractivity contribution is -0.862. The molecule has 0 fully saturated rings. The first-order valence-electron chi connectivity index (χ1n) is 7.98. The van der Waals surface area contributed by atoms with E-state index < -0.39 is 5.82 Å². The lowest BCUT2D eigenvalue weighted by atomic mass is 10.3. The number of halogens is 3. The standard InChI is InChI=1S/C18H18Cl2FN3O3/c1-24(9-17(25)22-14-5-4-12(21)8-13(14)20)10-18(26)23-15-7-11(19)3-6-16(15)27-2/h3-8H,9-10H2,1-2H3,(H,22,25)(H,23,26)/p+1. The van der Waals surface area contributed by atoms with Gasteiger partial charge in [0.05, 0.1) is 30.6 Å². The first-order valence-corrected chi connectivity index (χ1v) is 8.73. The van der Waals surface area contributed by atoms with E-state index in [4.69, 9.17) is 27.9 Å². The van der Waals surface area contributed by atoms with Gasteiger partial charge in [-0.25, -0.2) is 4.39 Å². The number of hydrogen-bond donors (Lipinski definition) is 3. The summed E-state index contributed by atoms with van der Waals surface area (Å²) in [7, 11) is 3.18. The number of anilines is 2. The van der Waals surface area contributed by atoms with Crippen LogP contribution in [0, 0.1) is 5.82 Å². The third-order valence-electron chi connectivity index (χ3n) is 3.57. The van der Waals surface area contributed by atoms with Gasteiger partial charge < -0.3 is 20.3 Å². The van der Waals surface area contributed by atoms with Crippen molar-refractivity contribution in [1.29, 1.82) is 0 Å². The highest BCUT2D eigenvalue weighted by Gasteiger charge is 2.17. The second-order valence-electron chi connectivity index (χ2n) is 5.88. The van der Waals surface area contributed by atoms with Crippen molar-refractivity contribution in [3.63, 3.8) is 0 Å². The number of benzene rings is 2. The van der Waals surface area contributed by atoms with Crippen LogP contribution in [0.5, 0.6) is 5.75 Å². The number of carbonyl (C=O) groups excluding carboxylic acids is 2. The molecule has 0 saturated carbocycles. The fraction of sp³-hybridized carbons (Fsp3) is 0.222. The zero-order valence-corrected chi connectivity index (χ0v) is 16.2. The number of carbonyl (C=O) groups is 2. The smallest absolute Gasteiger partial charge is 0.279 e. The van der Waals surface area contributed by atoms with Crippen molar-refractivity contribution in [2.45, 2.75) is 0 Å². The van der Waals surface area contributed by atoms with Gasteiger partial charge in [0.15, 0.2) is 13.1 Å². The van der Waals surface area contributed by atoms with Gasteiger partial charge in [-0.05, 0) is 36.4 Å². The van der Waals surface area contributed by atoms with Crippen LogP contribution in [0.25, 0.3) is 0 Å². The Kier molecular flexibility index (Phi) is 7.41. The average molecular weight is 415 g/mol. The fourth-order valence-corrected chi connectivity index (χ4v) is 2.75. The van der Waals surface area contributed by atoms with E-state index in [-0.39, 0.29) is 29.9 Å². The Bertz CT molecular complexity index is 849. The molecule has 144 valence electrons. The quantitative estimate of drug-likeness (QED) is 0.650. The summed E-state index contributed by atoms with van der Waals surface area (Å²) in [6.07, 6.45) is 0. The summed E-state index contributed by atoms with van der Waals surface area (Å²) in [5.41, 5.74) is 0.759. The number of ether oxygens (including phenoxy) is 1. The summed E-state index contributed by atoms with van der Waals surface area (Å²) in [5, 5.41) is 5.86. The van der Waals surface area contributed by atoms with E-state index in [2.05, 4.69) is 10.6 Å². The second kappa shape index (κ2) is 9.55. The van der Waals surface area contributed by atoms with Crippen molar-refractivity contribution in [3.8, 4) is 5.75 Å². The van der Waals surface area contributed by atoms with Gasteiger partial charge in [-0.1, -0.05) is 23.2 Å². The van der Waals surface area contributed by atoms with Crippen LogP contribution >= 0.6 is 23.2 Å². The Labute approximate surface area is 166 Å². The molecule has 0 saturated heterocycles. The van der Waals surface area contributed by atoms with Crippen molar-refractivity contribution in [1.82, 2.24) is 0 Å². The highest BCUT2D eigenvalue weighted by atomic mass is 35.5. The maximum atomic E-state index is 13.0. The Morgan fingerprint density at radius 2 is 1.67 bits per heavy atom. The SMILES string of the molecule is COc1ccc(Cl)cc1NC(=O)C[NH+](C)CC(=O)Nc1ccc(F)cc1Cl. The largest absolute Gasteiger partial charge is 0.495 e. The van der Waals surface area contributed by atoms with Crippen LogP contribution in [-0.4, -0.2) is 39.1 Å². The molecule has 0 bridgehead atoms. The van der Waals surface area contributed by atoms with Gasteiger partial charge in [0.2, 0.25) is 0 Å². The van der Waals surface area contributed by atoms with Crippen molar-refractivity contribution in [2.75, 3.05) is 37.9 Å². The minimum atomic E-state index is -0.492. The second-order valence-corrected chi connectivity index (χ2v) is 6.72. The number of rotatable bonds is 7. The highest BCUT2D eigenvalue weighted by molar-refractivity contribution is 6.33.